The molecule has 0 saturated carbocycles. The molecule has 6 rings (SSSR count). The van der Waals surface area contributed by atoms with E-state index in [1.165, 1.54) is 0 Å². The van der Waals surface area contributed by atoms with Crippen LogP contribution in [0.5, 0.6) is 11.5 Å². The summed E-state index contributed by atoms with van der Waals surface area (Å²) in [7, 11) is 1.54. The van der Waals surface area contributed by atoms with Crippen molar-refractivity contribution in [2.45, 2.75) is 6.61 Å². The number of rotatable bonds is 10. The molecule has 5 aromatic carbocycles. The summed E-state index contributed by atoms with van der Waals surface area (Å²) >= 11 is 0. The van der Waals surface area contributed by atoms with Gasteiger partial charge in [-0.1, -0.05) is 66.7 Å². The number of H-pyrrole nitrogens is 1. The van der Waals surface area contributed by atoms with Gasteiger partial charge in [0.05, 0.1) is 5.56 Å². The lowest BCUT2D eigenvalue weighted by atomic mass is 9.90. The van der Waals surface area contributed by atoms with Gasteiger partial charge in [0.25, 0.3) is 5.91 Å². The predicted octanol–water partition coefficient (Wildman–Crippen LogP) is 7.61. The van der Waals surface area contributed by atoms with Crippen LogP contribution < -0.4 is 14.8 Å². The third kappa shape index (κ3) is 5.33. The normalized spacial score (nSPS) is 11.0. The lowest BCUT2D eigenvalue weighted by molar-refractivity contribution is 0.0510. The van der Waals surface area contributed by atoms with Crippen LogP contribution in [0.2, 0.25) is 0 Å². The molecule has 1 aromatic heterocycles. The average Bonchev–Trinajstić information content (AvgIpc) is 3.58. The zero-order valence-corrected chi connectivity index (χ0v) is 22.9. The van der Waals surface area contributed by atoms with Crippen molar-refractivity contribution in [2.24, 2.45) is 0 Å². The van der Waals surface area contributed by atoms with Gasteiger partial charge >= 0.3 is 0 Å². The Kier molecular flexibility index (Phi) is 7.66. The van der Waals surface area contributed by atoms with E-state index in [0.717, 1.165) is 44.5 Å². The minimum atomic E-state index is -0.222. The molecular weight excluding hydrogens is 528 g/mol. The summed E-state index contributed by atoms with van der Waals surface area (Å²) in [6, 6.07) is 32.8. The van der Waals surface area contributed by atoms with Gasteiger partial charge in [-0.25, -0.2) is 0 Å². The minimum Gasteiger partial charge on any atom is -0.488 e. The molecule has 0 saturated heterocycles. The second kappa shape index (κ2) is 12.0. The van der Waals surface area contributed by atoms with E-state index in [2.05, 4.69) is 10.3 Å². The minimum absolute atomic E-state index is 0.0197. The summed E-state index contributed by atoms with van der Waals surface area (Å²) in [5.74, 6) is 0.839. The number of fused-ring (bicyclic) bond motifs is 2. The molecule has 1 heterocycles. The van der Waals surface area contributed by atoms with E-state index >= 15 is 0 Å². The van der Waals surface area contributed by atoms with Gasteiger partial charge in [0.15, 0.2) is 13.1 Å². The summed E-state index contributed by atoms with van der Waals surface area (Å²) in [5, 5.41) is 6.72. The Morgan fingerprint density at radius 2 is 1.60 bits per heavy atom. The van der Waals surface area contributed by atoms with Crippen molar-refractivity contribution < 1.29 is 23.8 Å². The van der Waals surface area contributed by atoms with Crippen LogP contribution in [0.25, 0.3) is 32.7 Å². The van der Waals surface area contributed by atoms with Gasteiger partial charge in [0, 0.05) is 30.1 Å². The highest BCUT2D eigenvalue weighted by atomic mass is 16.7. The zero-order valence-electron chi connectivity index (χ0n) is 22.9. The van der Waals surface area contributed by atoms with Crippen molar-refractivity contribution >= 4 is 39.4 Å². The number of aldehydes is 1. The molecule has 0 aliphatic heterocycles. The molecule has 0 fully saturated rings. The molecule has 208 valence electrons. The number of hydrogen-bond acceptors (Lipinski definition) is 5. The number of amides is 1. The molecule has 0 aliphatic carbocycles. The van der Waals surface area contributed by atoms with Gasteiger partial charge in [-0.2, -0.15) is 0 Å². The van der Waals surface area contributed by atoms with Crippen LogP contribution >= 0.6 is 0 Å². The summed E-state index contributed by atoms with van der Waals surface area (Å²) in [5.41, 5.74) is 4.01. The molecule has 6 aromatic rings. The van der Waals surface area contributed by atoms with E-state index in [9.17, 15) is 9.59 Å². The Labute approximate surface area is 242 Å². The molecule has 0 radical (unpaired) electrons. The maximum absolute atomic E-state index is 12.5. The molecule has 0 unspecified atom stereocenters. The van der Waals surface area contributed by atoms with Crippen LogP contribution in [0.4, 0.5) is 5.69 Å². The first-order chi connectivity index (χ1) is 20.7. The molecule has 0 aliphatic rings. The second-order valence-corrected chi connectivity index (χ2v) is 9.75. The van der Waals surface area contributed by atoms with Crippen LogP contribution in [0.1, 0.15) is 26.4 Å². The van der Waals surface area contributed by atoms with E-state index in [-0.39, 0.29) is 19.3 Å². The number of carbonyl (C=O) groups excluding carboxylic acids is 2. The average molecular weight is 557 g/mol. The molecule has 0 spiro atoms. The number of aromatic amines is 1. The van der Waals surface area contributed by atoms with E-state index in [0.29, 0.717) is 28.4 Å². The van der Waals surface area contributed by atoms with Gasteiger partial charge < -0.3 is 24.5 Å². The number of ether oxygens (including phenoxy) is 3. The topological polar surface area (TPSA) is 89.7 Å². The summed E-state index contributed by atoms with van der Waals surface area (Å²) in [6.07, 6.45) is 2.51. The lowest BCUT2D eigenvalue weighted by Gasteiger charge is -2.21. The molecular formula is C35H28N2O5. The van der Waals surface area contributed by atoms with E-state index in [4.69, 9.17) is 14.2 Å². The van der Waals surface area contributed by atoms with Crippen LogP contribution in [-0.2, 0) is 11.3 Å². The van der Waals surface area contributed by atoms with Crippen LogP contribution in [0, 0.1) is 0 Å². The molecule has 7 nitrogen and oxygen atoms in total. The largest absolute Gasteiger partial charge is 0.488 e. The highest BCUT2D eigenvalue weighted by Crippen LogP contribution is 2.47. The van der Waals surface area contributed by atoms with Crippen molar-refractivity contribution in [2.75, 3.05) is 19.2 Å². The van der Waals surface area contributed by atoms with Gasteiger partial charge in [-0.15, -0.1) is 0 Å². The fraction of sp³-hybridized carbons (Fsp3) is 0.0857. The first kappa shape index (κ1) is 26.8. The van der Waals surface area contributed by atoms with E-state index in [1.807, 2.05) is 91.0 Å². The maximum Gasteiger partial charge on any atom is 0.272 e. The summed E-state index contributed by atoms with van der Waals surface area (Å²) in [4.78, 5) is 27.7. The highest BCUT2D eigenvalue weighted by molar-refractivity contribution is 6.12. The molecule has 0 atom stereocenters. The molecule has 42 heavy (non-hydrogen) atoms. The Morgan fingerprint density at radius 3 is 2.36 bits per heavy atom. The Balaban J connectivity index is 1.44. The fourth-order valence-electron chi connectivity index (χ4n) is 5.16. The van der Waals surface area contributed by atoms with Crippen LogP contribution in [0.15, 0.2) is 109 Å². The third-order valence-electron chi connectivity index (χ3n) is 7.04. The number of methoxy groups -OCH3 is 1. The van der Waals surface area contributed by atoms with E-state index < -0.39 is 0 Å². The highest BCUT2D eigenvalue weighted by Gasteiger charge is 2.22. The lowest BCUT2D eigenvalue weighted by Crippen LogP contribution is -2.12. The van der Waals surface area contributed by atoms with Crippen LogP contribution in [-0.4, -0.2) is 31.1 Å². The first-order valence-corrected chi connectivity index (χ1v) is 13.5. The second-order valence-electron chi connectivity index (χ2n) is 9.75. The monoisotopic (exact) mass is 556 g/mol. The SMILES string of the molecule is COCOc1c(C=O)cc2ccccc2c1-c1c(OCc2cccc(NC(=O)c3ccc[nH]3)c2)ccc2ccccc12. The smallest absolute Gasteiger partial charge is 0.272 e. The Morgan fingerprint density at radius 1 is 0.810 bits per heavy atom. The number of hydrogen-bond donors (Lipinski definition) is 2. The number of benzene rings is 5. The molecule has 2 N–H and O–H groups in total. The predicted molar refractivity (Wildman–Crippen MR) is 164 cm³/mol. The van der Waals surface area contributed by atoms with Gasteiger partial charge in [0.1, 0.15) is 23.8 Å². The Hall–Kier alpha value is -5.40. The van der Waals surface area contributed by atoms with Crippen molar-refractivity contribution in [1.29, 1.82) is 0 Å². The quantitative estimate of drug-likeness (QED) is 0.134. The van der Waals surface area contributed by atoms with Crippen LogP contribution in [0.3, 0.4) is 0 Å². The Bertz CT molecular complexity index is 1900. The third-order valence-corrected chi connectivity index (χ3v) is 7.04. The molecule has 1 amide bonds. The van der Waals surface area contributed by atoms with Gasteiger partial charge in [-0.05, 0) is 63.5 Å². The number of carbonyl (C=O) groups is 2. The maximum atomic E-state index is 12.5. The summed E-state index contributed by atoms with van der Waals surface area (Å²) in [6.45, 7) is 0.227. The van der Waals surface area contributed by atoms with Crippen molar-refractivity contribution in [1.82, 2.24) is 4.98 Å². The number of anilines is 1. The van der Waals surface area contributed by atoms with E-state index in [1.54, 1.807) is 25.4 Å². The zero-order chi connectivity index (χ0) is 28.9. The number of aromatic nitrogens is 1. The molecule has 7 heteroatoms. The van der Waals surface area contributed by atoms with Crippen molar-refractivity contribution in [3.8, 4) is 22.6 Å². The standard InChI is InChI=1S/C35H28N2O5/c1-40-22-42-34-26(20-38)19-25-10-3-5-13-29(25)33(34)32-28-12-4-2-9-24(28)15-16-31(32)41-21-23-8-6-11-27(18-23)37-35(39)30-14-7-17-36-30/h2-20,36H,21-22H2,1H3,(H,37,39). The summed E-state index contributed by atoms with van der Waals surface area (Å²) < 4.78 is 17.8. The fourth-order valence-corrected chi connectivity index (χ4v) is 5.16. The first-order valence-electron chi connectivity index (χ1n) is 13.5. The van der Waals surface area contributed by atoms with Crippen molar-refractivity contribution in [3.05, 3.63) is 126 Å². The number of nitrogens with one attached hydrogen (secondary N) is 2. The van der Waals surface area contributed by atoms with Gasteiger partial charge in [-0.3, -0.25) is 9.59 Å². The van der Waals surface area contributed by atoms with Crippen molar-refractivity contribution in [3.63, 3.8) is 0 Å². The van der Waals surface area contributed by atoms with Gasteiger partial charge in [0.2, 0.25) is 0 Å². The molecule has 0 bridgehead atoms.